The van der Waals surface area contributed by atoms with Gasteiger partial charge in [-0.05, 0) is 0 Å². The molecule has 1 aromatic rings. The van der Waals surface area contributed by atoms with E-state index >= 15 is 0 Å². The van der Waals surface area contributed by atoms with Crippen molar-refractivity contribution in [2.24, 2.45) is 5.92 Å². The molecular weight excluding hydrogens is 231 g/mol. The zero-order chi connectivity index (χ0) is 11.2. The van der Waals surface area contributed by atoms with Gasteiger partial charge in [0.1, 0.15) is 0 Å². The van der Waals surface area contributed by atoms with Gasteiger partial charge in [-0.3, -0.25) is 0 Å². The Balaban J connectivity index is 2.40. The van der Waals surface area contributed by atoms with Crippen molar-refractivity contribution in [1.82, 2.24) is 14.8 Å². The summed E-state index contributed by atoms with van der Waals surface area (Å²) in [4.78, 5) is 3.34. The fourth-order valence-electron chi connectivity index (χ4n) is 1.23. The Hall–Kier alpha value is -0.760. The first kappa shape index (κ1) is 10.7. The van der Waals surface area contributed by atoms with Crippen LogP contribution in [0.3, 0.4) is 0 Å². The number of aliphatic hydroxyl groups excluding tert-OH is 1. The summed E-state index contributed by atoms with van der Waals surface area (Å²) in [6, 6.07) is 0. The van der Waals surface area contributed by atoms with Crippen molar-refractivity contribution in [1.29, 1.82) is 0 Å². The van der Waals surface area contributed by atoms with E-state index in [4.69, 9.17) is 0 Å². The van der Waals surface area contributed by atoms with E-state index in [2.05, 4.69) is 10.1 Å². The molecule has 0 fully saturated rings. The SMILES string of the molecule is CC1CSc2nc(C(F)(F)F)nn2C1O. The second kappa shape index (κ2) is 3.38. The van der Waals surface area contributed by atoms with Crippen LogP contribution >= 0.6 is 11.8 Å². The van der Waals surface area contributed by atoms with Crippen molar-refractivity contribution in [3.05, 3.63) is 5.82 Å². The Morgan fingerprint density at radius 1 is 1.53 bits per heavy atom. The van der Waals surface area contributed by atoms with Gasteiger partial charge < -0.3 is 5.11 Å². The van der Waals surface area contributed by atoms with E-state index in [1.807, 2.05) is 0 Å². The van der Waals surface area contributed by atoms with Gasteiger partial charge in [0, 0.05) is 11.7 Å². The molecule has 2 rings (SSSR count). The molecule has 0 bridgehead atoms. The van der Waals surface area contributed by atoms with E-state index < -0.39 is 18.2 Å². The number of hydrogen-bond donors (Lipinski definition) is 1. The summed E-state index contributed by atoms with van der Waals surface area (Å²) in [7, 11) is 0. The highest BCUT2D eigenvalue weighted by Crippen LogP contribution is 2.35. The first-order valence-electron chi connectivity index (χ1n) is 4.24. The molecule has 0 saturated heterocycles. The topological polar surface area (TPSA) is 50.9 Å². The maximum atomic E-state index is 12.3. The number of rotatable bonds is 0. The maximum Gasteiger partial charge on any atom is 0.453 e. The molecule has 0 saturated carbocycles. The van der Waals surface area contributed by atoms with Crippen LogP contribution in [0.1, 0.15) is 19.0 Å². The first-order chi connectivity index (χ1) is 6.89. The van der Waals surface area contributed by atoms with Crippen LogP contribution in [0.2, 0.25) is 0 Å². The molecule has 4 nitrogen and oxygen atoms in total. The molecule has 8 heteroatoms. The molecule has 0 radical (unpaired) electrons. The summed E-state index contributed by atoms with van der Waals surface area (Å²) < 4.78 is 37.7. The Morgan fingerprint density at radius 3 is 2.80 bits per heavy atom. The smallest absolute Gasteiger partial charge is 0.371 e. The molecule has 2 heterocycles. The van der Waals surface area contributed by atoms with Crippen LogP contribution in [0.15, 0.2) is 5.16 Å². The second-order valence-corrected chi connectivity index (χ2v) is 4.35. The monoisotopic (exact) mass is 239 g/mol. The zero-order valence-electron chi connectivity index (χ0n) is 7.69. The van der Waals surface area contributed by atoms with Gasteiger partial charge in [0.25, 0.3) is 5.82 Å². The molecule has 1 aromatic heterocycles. The minimum absolute atomic E-state index is 0.118. The van der Waals surface area contributed by atoms with Crippen molar-refractivity contribution in [3.8, 4) is 0 Å². The molecule has 1 N–H and O–H groups in total. The number of halogens is 3. The van der Waals surface area contributed by atoms with Gasteiger partial charge in [0.05, 0.1) is 0 Å². The number of alkyl halides is 3. The van der Waals surface area contributed by atoms with Crippen molar-refractivity contribution < 1.29 is 18.3 Å². The second-order valence-electron chi connectivity index (χ2n) is 3.36. The fraction of sp³-hybridized carbons (Fsp3) is 0.714. The molecule has 0 aromatic carbocycles. The van der Waals surface area contributed by atoms with Crippen molar-refractivity contribution >= 4 is 11.8 Å². The fourth-order valence-corrected chi connectivity index (χ4v) is 2.25. The summed E-state index contributed by atoms with van der Waals surface area (Å²) in [5.74, 6) is -0.791. The highest BCUT2D eigenvalue weighted by atomic mass is 32.2. The minimum Gasteiger partial charge on any atom is -0.371 e. The van der Waals surface area contributed by atoms with E-state index in [0.717, 1.165) is 4.68 Å². The van der Waals surface area contributed by atoms with Gasteiger partial charge in [-0.2, -0.15) is 18.2 Å². The van der Waals surface area contributed by atoms with Crippen LogP contribution in [-0.2, 0) is 6.18 Å². The summed E-state index contributed by atoms with van der Waals surface area (Å²) >= 11 is 1.17. The molecule has 84 valence electrons. The Labute approximate surface area is 87.5 Å². The summed E-state index contributed by atoms with van der Waals surface area (Å²) in [6.07, 6.45) is -5.58. The van der Waals surface area contributed by atoms with E-state index in [0.29, 0.717) is 5.75 Å². The molecule has 2 atom stereocenters. The van der Waals surface area contributed by atoms with Gasteiger partial charge in [-0.15, -0.1) is 5.10 Å². The lowest BCUT2D eigenvalue weighted by molar-refractivity contribution is -0.145. The lowest BCUT2D eigenvalue weighted by Gasteiger charge is -2.24. The van der Waals surface area contributed by atoms with Gasteiger partial charge in [-0.1, -0.05) is 18.7 Å². The Kier molecular flexibility index (Phi) is 2.42. The quantitative estimate of drug-likeness (QED) is 0.746. The molecule has 2 unspecified atom stereocenters. The lowest BCUT2D eigenvalue weighted by Crippen LogP contribution is -2.24. The normalized spacial score (nSPS) is 26.5. The third kappa shape index (κ3) is 1.83. The molecular formula is C7H8F3N3OS. The van der Waals surface area contributed by atoms with E-state index in [1.165, 1.54) is 11.8 Å². The third-order valence-electron chi connectivity index (χ3n) is 2.09. The molecule has 1 aliphatic rings. The van der Waals surface area contributed by atoms with Gasteiger partial charge >= 0.3 is 6.18 Å². The molecule has 1 aliphatic heterocycles. The van der Waals surface area contributed by atoms with Crippen molar-refractivity contribution in [2.75, 3.05) is 5.75 Å². The maximum absolute atomic E-state index is 12.3. The largest absolute Gasteiger partial charge is 0.453 e. The van der Waals surface area contributed by atoms with Gasteiger partial charge in [0.2, 0.25) is 0 Å². The van der Waals surface area contributed by atoms with E-state index in [1.54, 1.807) is 6.92 Å². The number of hydrogen-bond acceptors (Lipinski definition) is 4. The predicted octanol–water partition coefficient (Wildman–Crippen LogP) is 1.53. The third-order valence-corrected chi connectivity index (χ3v) is 3.32. The van der Waals surface area contributed by atoms with Crippen molar-refractivity contribution in [3.63, 3.8) is 0 Å². The number of aliphatic hydroxyl groups is 1. The summed E-state index contributed by atoms with van der Waals surface area (Å²) in [5, 5.41) is 13.0. The average molecular weight is 239 g/mol. The molecule has 15 heavy (non-hydrogen) atoms. The molecule has 0 aliphatic carbocycles. The highest BCUT2D eigenvalue weighted by molar-refractivity contribution is 7.99. The van der Waals surface area contributed by atoms with E-state index in [-0.39, 0.29) is 11.1 Å². The number of nitrogens with zero attached hydrogens (tertiary/aromatic N) is 3. The van der Waals surface area contributed by atoms with Gasteiger partial charge in [-0.25, -0.2) is 4.68 Å². The van der Waals surface area contributed by atoms with Crippen LogP contribution < -0.4 is 0 Å². The Bertz CT molecular complexity index is 378. The van der Waals surface area contributed by atoms with Crippen LogP contribution in [0.5, 0.6) is 0 Å². The van der Waals surface area contributed by atoms with Crippen LogP contribution in [0.4, 0.5) is 13.2 Å². The van der Waals surface area contributed by atoms with Crippen LogP contribution in [-0.4, -0.2) is 25.6 Å². The predicted molar refractivity (Wildman–Crippen MR) is 46.2 cm³/mol. The minimum atomic E-state index is -4.56. The highest BCUT2D eigenvalue weighted by Gasteiger charge is 2.39. The molecule has 0 amide bonds. The number of thioether (sulfide) groups is 1. The molecule has 0 spiro atoms. The standard InChI is InChI=1S/C7H8F3N3OS/c1-3-2-15-6-11-5(7(8,9)10)12-13(6)4(3)14/h3-4,14H,2H2,1H3. The number of aromatic nitrogens is 3. The van der Waals surface area contributed by atoms with Crippen molar-refractivity contribution in [2.45, 2.75) is 24.5 Å². The lowest BCUT2D eigenvalue weighted by atomic mass is 10.2. The Morgan fingerprint density at radius 2 is 2.20 bits per heavy atom. The summed E-state index contributed by atoms with van der Waals surface area (Å²) in [6.45, 7) is 1.75. The van der Waals surface area contributed by atoms with Gasteiger partial charge in [0.15, 0.2) is 11.4 Å². The number of fused-ring (bicyclic) bond motifs is 1. The average Bonchev–Trinajstić information content (AvgIpc) is 2.55. The van der Waals surface area contributed by atoms with Crippen LogP contribution in [0.25, 0.3) is 0 Å². The first-order valence-corrected chi connectivity index (χ1v) is 5.23. The van der Waals surface area contributed by atoms with Crippen LogP contribution in [0, 0.1) is 5.92 Å². The van der Waals surface area contributed by atoms with E-state index in [9.17, 15) is 18.3 Å². The summed E-state index contributed by atoms with van der Waals surface area (Å²) in [5.41, 5.74) is 0. The zero-order valence-corrected chi connectivity index (χ0v) is 8.51.